The maximum atomic E-state index is 11.6. The molecule has 1 unspecified atom stereocenters. The number of aryl methyl sites for hydroxylation is 1. The van der Waals surface area contributed by atoms with E-state index in [0.717, 1.165) is 16.3 Å². The van der Waals surface area contributed by atoms with Crippen molar-refractivity contribution in [1.29, 1.82) is 0 Å². The summed E-state index contributed by atoms with van der Waals surface area (Å²) in [5, 5.41) is 20.7. The van der Waals surface area contributed by atoms with Crippen molar-refractivity contribution in [2.75, 3.05) is 0 Å². The Morgan fingerprint density at radius 3 is 2.48 bits per heavy atom. The lowest BCUT2D eigenvalue weighted by atomic mass is 9.85. The Bertz CT molecular complexity index is 767. The van der Waals surface area contributed by atoms with Gasteiger partial charge in [-0.2, -0.15) is 0 Å². The first-order valence-electron chi connectivity index (χ1n) is 7.65. The van der Waals surface area contributed by atoms with Crippen LogP contribution < -0.4 is 5.73 Å². The minimum absolute atomic E-state index is 0.227. The third kappa shape index (κ3) is 2.80. The van der Waals surface area contributed by atoms with Crippen molar-refractivity contribution < 1.29 is 19.8 Å². The highest BCUT2D eigenvalue weighted by Gasteiger charge is 2.58. The Morgan fingerprint density at radius 1 is 1.13 bits per heavy atom. The molecule has 120 valence electrons. The van der Waals surface area contributed by atoms with Crippen LogP contribution in [0.25, 0.3) is 10.8 Å². The molecule has 0 heterocycles. The fourth-order valence-corrected chi connectivity index (χ4v) is 3.34. The van der Waals surface area contributed by atoms with Gasteiger partial charge < -0.3 is 15.9 Å². The normalized spacial score (nSPS) is 22.5. The van der Waals surface area contributed by atoms with Gasteiger partial charge in [-0.3, -0.25) is 9.59 Å². The Kier molecular flexibility index (Phi) is 3.82. The number of aliphatic carboxylic acids is 2. The maximum Gasteiger partial charge on any atom is 0.324 e. The van der Waals surface area contributed by atoms with Gasteiger partial charge in [0.15, 0.2) is 0 Å². The molecule has 0 bridgehead atoms. The molecule has 2 aromatic rings. The second-order valence-corrected chi connectivity index (χ2v) is 6.27. The van der Waals surface area contributed by atoms with Gasteiger partial charge in [0.05, 0.1) is 5.92 Å². The number of carboxylic acids is 2. The van der Waals surface area contributed by atoms with E-state index >= 15 is 0 Å². The van der Waals surface area contributed by atoms with Gasteiger partial charge in [-0.05, 0) is 35.6 Å². The molecule has 0 amide bonds. The number of fused-ring (bicyclic) bond motifs is 1. The zero-order chi connectivity index (χ0) is 16.6. The SMILES string of the molecule is NC(CCc1cccc2ccccc12)(C(=O)O)[C@H]1C[C@@H]1C(=O)O. The van der Waals surface area contributed by atoms with Gasteiger partial charge in [0.2, 0.25) is 0 Å². The highest BCUT2D eigenvalue weighted by atomic mass is 16.4. The second-order valence-electron chi connectivity index (χ2n) is 6.27. The molecule has 0 aromatic heterocycles. The van der Waals surface area contributed by atoms with Gasteiger partial charge in [0.25, 0.3) is 0 Å². The summed E-state index contributed by atoms with van der Waals surface area (Å²) < 4.78 is 0. The summed E-state index contributed by atoms with van der Waals surface area (Å²) in [6, 6.07) is 13.8. The van der Waals surface area contributed by atoms with Gasteiger partial charge in [0.1, 0.15) is 5.54 Å². The molecule has 4 N–H and O–H groups in total. The van der Waals surface area contributed by atoms with E-state index in [1.807, 2.05) is 42.5 Å². The van der Waals surface area contributed by atoms with E-state index in [4.69, 9.17) is 10.8 Å². The standard InChI is InChI=1S/C18H19NO4/c19-18(17(22)23,15-10-14(15)16(20)21)9-8-12-6-3-5-11-4-1-2-7-13(11)12/h1-7,14-15H,8-10,19H2,(H,20,21)(H,22,23)/t14-,15-,18?/m0/s1. The molecule has 3 rings (SSSR count). The summed E-state index contributed by atoms with van der Waals surface area (Å²) >= 11 is 0. The average molecular weight is 313 g/mol. The molecule has 3 atom stereocenters. The molecule has 1 aliphatic rings. The predicted molar refractivity (Wildman–Crippen MR) is 86.1 cm³/mol. The molecule has 1 aliphatic carbocycles. The van der Waals surface area contributed by atoms with Crippen molar-refractivity contribution in [1.82, 2.24) is 0 Å². The van der Waals surface area contributed by atoms with E-state index in [9.17, 15) is 14.7 Å². The average Bonchev–Trinajstić information content (AvgIpc) is 3.33. The van der Waals surface area contributed by atoms with Crippen LogP contribution in [0, 0.1) is 11.8 Å². The second kappa shape index (κ2) is 5.66. The predicted octanol–water partition coefficient (Wildman–Crippen LogP) is 2.28. The summed E-state index contributed by atoms with van der Waals surface area (Å²) in [5.41, 5.74) is 5.65. The van der Waals surface area contributed by atoms with E-state index < -0.39 is 29.3 Å². The number of hydrogen-bond acceptors (Lipinski definition) is 3. The quantitative estimate of drug-likeness (QED) is 0.759. The van der Waals surface area contributed by atoms with E-state index in [0.29, 0.717) is 12.8 Å². The third-order valence-corrected chi connectivity index (χ3v) is 4.86. The van der Waals surface area contributed by atoms with Crippen molar-refractivity contribution in [3.63, 3.8) is 0 Å². The summed E-state index contributed by atoms with van der Waals surface area (Å²) in [6.45, 7) is 0. The van der Waals surface area contributed by atoms with Gasteiger partial charge in [-0.15, -0.1) is 0 Å². The van der Waals surface area contributed by atoms with Crippen LogP contribution >= 0.6 is 0 Å². The Hall–Kier alpha value is -2.40. The smallest absolute Gasteiger partial charge is 0.324 e. The van der Waals surface area contributed by atoms with Crippen molar-refractivity contribution >= 4 is 22.7 Å². The number of carbonyl (C=O) groups is 2. The Morgan fingerprint density at radius 2 is 1.83 bits per heavy atom. The molecular weight excluding hydrogens is 294 g/mol. The maximum absolute atomic E-state index is 11.6. The molecule has 0 radical (unpaired) electrons. The van der Waals surface area contributed by atoms with Crippen molar-refractivity contribution in [2.45, 2.75) is 24.8 Å². The molecule has 1 saturated carbocycles. The van der Waals surface area contributed by atoms with Crippen molar-refractivity contribution in [2.24, 2.45) is 17.6 Å². The van der Waals surface area contributed by atoms with Crippen LogP contribution in [-0.4, -0.2) is 27.7 Å². The minimum atomic E-state index is -1.49. The number of hydrogen-bond donors (Lipinski definition) is 3. The number of nitrogens with two attached hydrogens (primary N) is 1. The van der Waals surface area contributed by atoms with Crippen LogP contribution in [0.2, 0.25) is 0 Å². The molecule has 2 aromatic carbocycles. The molecule has 0 saturated heterocycles. The molecule has 23 heavy (non-hydrogen) atoms. The zero-order valence-corrected chi connectivity index (χ0v) is 12.6. The van der Waals surface area contributed by atoms with Gasteiger partial charge in [-0.25, -0.2) is 0 Å². The first-order valence-corrected chi connectivity index (χ1v) is 7.65. The lowest BCUT2D eigenvalue weighted by molar-refractivity contribution is -0.145. The van der Waals surface area contributed by atoms with Crippen molar-refractivity contribution in [3.8, 4) is 0 Å². The number of carboxylic acid groups (broad SMARTS) is 2. The fraction of sp³-hybridized carbons (Fsp3) is 0.333. The van der Waals surface area contributed by atoms with E-state index in [1.54, 1.807) is 0 Å². The van der Waals surface area contributed by atoms with Gasteiger partial charge in [-0.1, -0.05) is 42.5 Å². The monoisotopic (exact) mass is 313 g/mol. The third-order valence-electron chi connectivity index (χ3n) is 4.86. The Balaban J connectivity index is 1.82. The fourth-order valence-electron chi connectivity index (χ4n) is 3.34. The van der Waals surface area contributed by atoms with Crippen LogP contribution in [0.3, 0.4) is 0 Å². The van der Waals surface area contributed by atoms with Crippen LogP contribution in [-0.2, 0) is 16.0 Å². The largest absolute Gasteiger partial charge is 0.481 e. The van der Waals surface area contributed by atoms with E-state index in [-0.39, 0.29) is 6.42 Å². The number of benzene rings is 2. The summed E-state index contributed by atoms with van der Waals surface area (Å²) in [7, 11) is 0. The zero-order valence-electron chi connectivity index (χ0n) is 12.6. The van der Waals surface area contributed by atoms with Crippen LogP contribution in [0.1, 0.15) is 18.4 Å². The molecule has 0 spiro atoms. The Labute approximate surface area is 133 Å². The summed E-state index contributed by atoms with van der Waals surface area (Å²) in [5.74, 6) is -3.21. The topological polar surface area (TPSA) is 101 Å². The van der Waals surface area contributed by atoms with Gasteiger partial charge >= 0.3 is 11.9 Å². The highest BCUT2D eigenvalue weighted by Crippen LogP contribution is 2.47. The van der Waals surface area contributed by atoms with Crippen LogP contribution in [0.5, 0.6) is 0 Å². The first kappa shape index (κ1) is 15.5. The lowest BCUT2D eigenvalue weighted by Crippen LogP contribution is -2.51. The first-order chi connectivity index (χ1) is 10.9. The number of rotatable bonds is 6. The molecular formula is C18H19NO4. The van der Waals surface area contributed by atoms with E-state index in [2.05, 4.69) is 0 Å². The van der Waals surface area contributed by atoms with Crippen LogP contribution in [0.15, 0.2) is 42.5 Å². The summed E-state index contributed by atoms with van der Waals surface area (Å²) in [6.07, 6.45) is 1.07. The molecule has 0 aliphatic heterocycles. The highest BCUT2D eigenvalue weighted by molar-refractivity contribution is 5.86. The minimum Gasteiger partial charge on any atom is -0.481 e. The molecule has 5 nitrogen and oxygen atoms in total. The van der Waals surface area contributed by atoms with Crippen molar-refractivity contribution in [3.05, 3.63) is 48.0 Å². The lowest BCUT2D eigenvalue weighted by Gasteiger charge is -2.25. The molecule has 1 fully saturated rings. The van der Waals surface area contributed by atoms with Gasteiger partial charge in [0, 0.05) is 5.92 Å². The van der Waals surface area contributed by atoms with E-state index in [1.165, 1.54) is 0 Å². The van der Waals surface area contributed by atoms with Crippen LogP contribution in [0.4, 0.5) is 0 Å². The molecule has 5 heteroatoms. The summed E-state index contributed by atoms with van der Waals surface area (Å²) in [4.78, 5) is 22.7.